The lowest BCUT2D eigenvalue weighted by atomic mass is 9.99. The van der Waals surface area contributed by atoms with Crippen LogP contribution in [0.15, 0.2) is 42.5 Å². The lowest BCUT2D eigenvalue weighted by Crippen LogP contribution is -2.16. The Hall–Kier alpha value is -1.61. The van der Waals surface area contributed by atoms with E-state index >= 15 is 0 Å². The van der Waals surface area contributed by atoms with E-state index in [0.717, 1.165) is 5.92 Å². The Morgan fingerprint density at radius 3 is 2.67 bits per heavy atom. The first-order valence-electron chi connectivity index (χ1n) is 7.62. The quantitative estimate of drug-likeness (QED) is 0.744. The van der Waals surface area contributed by atoms with Gasteiger partial charge in [0.2, 0.25) is 0 Å². The zero-order valence-electron chi connectivity index (χ0n) is 12.5. The molecule has 3 heteroatoms. The molecule has 0 spiro atoms. The molecular formula is C18H20N2S. The normalized spacial score (nSPS) is 17.2. The van der Waals surface area contributed by atoms with Crippen LogP contribution in [0.2, 0.25) is 0 Å². The standard InChI is InChI=1S/C18H20N2S/c1-13-5-3-4-6-16(13)15-9-10-17-18(11-15)19(2)21-20(17)12-14-7-8-14/h3-6,9-11,14H,7-8,12H2,1-2H3. The van der Waals surface area contributed by atoms with Crippen molar-refractivity contribution in [3.63, 3.8) is 0 Å². The molecule has 0 saturated heterocycles. The largest absolute Gasteiger partial charge is 0.300 e. The number of nitrogens with zero attached hydrogens (tertiary/aromatic N) is 2. The van der Waals surface area contributed by atoms with Gasteiger partial charge in [-0.05, 0) is 54.5 Å². The SMILES string of the molecule is Cc1ccccc1-c1ccc2c(c1)N(C)SN2CC1CC1. The number of aryl methyl sites for hydroxylation is 1. The topological polar surface area (TPSA) is 6.48 Å². The summed E-state index contributed by atoms with van der Waals surface area (Å²) in [5.41, 5.74) is 6.68. The first-order chi connectivity index (χ1) is 10.2. The van der Waals surface area contributed by atoms with Gasteiger partial charge in [-0.25, -0.2) is 0 Å². The minimum absolute atomic E-state index is 0.910. The van der Waals surface area contributed by atoms with Crippen molar-refractivity contribution in [1.82, 2.24) is 0 Å². The van der Waals surface area contributed by atoms with Gasteiger partial charge in [-0.15, -0.1) is 0 Å². The molecule has 1 heterocycles. The molecule has 0 N–H and O–H groups in total. The molecule has 4 rings (SSSR count). The van der Waals surface area contributed by atoms with Gasteiger partial charge in [0.1, 0.15) is 0 Å². The summed E-state index contributed by atoms with van der Waals surface area (Å²) in [6.45, 7) is 3.37. The summed E-state index contributed by atoms with van der Waals surface area (Å²) >= 11 is 1.84. The fourth-order valence-corrected chi connectivity index (χ4v) is 4.00. The van der Waals surface area contributed by atoms with Crippen molar-refractivity contribution in [2.45, 2.75) is 19.8 Å². The second kappa shape index (κ2) is 4.99. The Kier molecular flexibility index (Phi) is 3.11. The average Bonchev–Trinajstić information content (AvgIpc) is 3.25. The summed E-state index contributed by atoms with van der Waals surface area (Å²) in [6.07, 6.45) is 2.80. The Labute approximate surface area is 131 Å². The second-order valence-electron chi connectivity index (χ2n) is 6.10. The van der Waals surface area contributed by atoms with Gasteiger partial charge in [-0.3, -0.25) is 8.61 Å². The summed E-state index contributed by atoms with van der Waals surface area (Å²) < 4.78 is 4.74. The average molecular weight is 296 g/mol. The molecule has 2 aromatic carbocycles. The van der Waals surface area contributed by atoms with Crippen molar-refractivity contribution in [3.8, 4) is 11.1 Å². The van der Waals surface area contributed by atoms with Crippen LogP contribution in [0.25, 0.3) is 11.1 Å². The van der Waals surface area contributed by atoms with Crippen LogP contribution in [0.5, 0.6) is 0 Å². The molecule has 2 aliphatic rings. The van der Waals surface area contributed by atoms with Crippen LogP contribution in [0.1, 0.15) is 18.4 Å². The van der Waals surface area contributed by atoms with Gasteiger partial charge in [0.05, 0.1) is 23.5 Å². The van der Waals surface area contributed by atoms with Gasteiger partial charge in [0.15, 0.2) is 0 Å². The Balaban J connectivity index is 1.71. The fourth-order valence-electron chi connectivity index (χ4n) is 2.95. The molecule has 1 aliphatic carbocycles. The van der Waals surface area contributed by atoms with E-state index in [1.165, 1.54) is 47.5 Å². The van der Waals surface area contributed by atoms with Gasteiger partial charge >= 0.3 is 0 Å². The number of fused-ring (bicyclic) bond motifs is 1. The number of rotatable bonds is 3. The van der Waals surface area contributed by atoms with Gasteiger partial charge in [-0.1, -0.05) is 30.3 Å². The first-order valence-corrected chi connectivity index (χ1v) is 8.35. The molecule has 1 fully saturated rings. The van der Waals surface area contributed by atoms with Crippen molar-refractivity contribution in [3.05, 3.63) is 48.0 Å². The summed E-state index contributed by atoms with van der Waals surface area (Å²) in [7, 11) is 2.16. The lowest BCUT2D eigenvalue weighted by molar-refractivity contribution is 0.852. The summed E-state index contributed by atoms with van der Waals surface area (Å²) in [6, 6.07) is 15.5. The van der Waals surface area contributed by atoms with E-state index in [0.29, 0.717) is 0 Å². The smallest absolute Gasteiger partial charge is 0.0732 e. The lowest BCUT2D eigenvalue weighted by Gasteiger charge is -2.16. The van der Waals surface area contributed by atoms with Crippen LogP contribution in [0.3, 0.4) is 0 Å². The van der Waals surface area contributed by atoms with Crippen molar-refractivity contribution in [1.29, 1.82) is 0 Å². The molecule has 0 unspecified atom stereocenters. The Morgan fingerprint density at radius 2 is 1.90 bits per heavy atom. The third kappa shape index (κ3) is 2.40. The van der Waals surface area contributed by atoms with Crippen LogP contribution < -0.4 is 8.61 Å². The zero-order chi connectivity index (χ0) is 14.4. The molecule has 0 bridgehead atoms. The van der Waals surface area contributed by atoms with Crippen LogP contribution in [-0.2, 0) is 0 Å². The first kappa shape index (κ1) is 13.1. The van der Waals surface area contributed by atoms with E-state index in [9.17, 15) is 0 Å². The number of anilines is 2. The zero-order valence-corrected chi connectivity index (χ0v) is 13.4. The second-order valence-corrected chi connectivity index (χ2v) is 7.25. The molecule has 0 radical (unpaired) electrons. The maximum atomic E-state index is 2.45. The maximum Gasteiger partial charge on any atom is 0.0732 e. The van der Waals surface area contributed by atoms with E-state index in [2.05, 4.69) is 65.0 Å². The predicted octanol–water partition coefficient (Wildman–Crippen LogP) is 4.89. The Bertz CT molecular complexity index is 679. The van der Waals surface area contributed by atoms with Crippen molar-refractivity contribution < 1.29 is 0 Å². The third-order valence-corrected chi connectivity index (χ3v) is 5.37. The van der Waals surface area contributed by atoms with E-state index in [4.69, 9.17) is 0 Å². The molecule has 0 aromatic heterocycles. The van der Waals surface area contributed by atoms with Crippen LogP contribution in [0, 0.1) is 12.8 Å². The maximum absolute atomic E-state index is 2.45. The van der Waals surface area contributed by atoms with Crippen LogP contribution in [-0.4, -0.2) is 13.6 Å². The molecular weight excluding hydrogens is 276 g/mol. The minimum atomic E-state index is 0.910. The molecule has 0 amide bonds. The number of hydrogen-bond acceptors (Lipinski definition) is 3. The molecule has 1 aliphatic heterocycles. The van der Waals surface area contributed by atoms with E-state index in [-0.39, 0.29) is 0 Å². The van der Waals surface area contributed by atoms with Crippen molar-refractivity contribution >= 4 is 23.5 Å². The third-order valence-electron chi connectivity index (χ3n) is 4.38. The Morgan fingerprint density at radius 1 is 1.10 bits per heavy atom. The van der Waals surface area contributed by atoms with Crippen LogP contribution >= 0.6 is 12.1 Å². The predicted molar refractivity (Wildman–Crippen MR) is 92.7 cm³/mol. The summed E-state index contributed by atoms with van der Waals surface area (Å²) in [5.74, 6) is 0.910. The molecule has 2 nitrogen and oxygen atoms in total. The summed E-state index contributed by atoms with van der Waals surface area (Å²) in [4.78, 5) is 0. The summed E-state index contributed by atoms with van der Waals surface area (Å²) in [5, 5.41) is 0. The highest BCUT2D eigenvalue weighted by Gasteiger charge is 2.31. The highest BCUT2D eigenvalue weighted by atomic mass is 32.2. The van der Waals surface area contributed by atoms with Crippen molar-refractivity contribution in [2.24, 2.45) is 5.92 Å². The number of benzene rings is 2. The van der Waals surface area contributed by atoms with E-state index < -0.39 is 0 Å². The highest BCUT2D eigenvalue weighted by Crippen LogP contribution is 2.47. The van der Waals surface area contributed by atoms with Crippen molar-refractivity contribution in [2.75, 3.05) is 22.2 Å². The van der Waals surface area contributed by atoms with Gasteiger partial charge in [0, 0.05) is 13.6 Å². The minimum Gasteiger partial charge on any atom is -0.300 e. The van der Waals surface area contributed by atoms with Gasteiger partial charge < -0.3 is 0 Å². The van der Waals surface area contributed by atoms with E-state index in [1.807, 2.05) is 12.1 Å². The molecule has 21 heavy (non-hydrogen) atoms. The molecule has 1 saturated carbocycles. The van der Waals surface area contributed by atoms with Gasteiger partial charge in [0.25, 0.3) is 0 Å². The fraction of sp³-hybridized carbons (Fsp3) is 0.333. The molecule has 2 aromatic rings. The van der Waals surface area contributed by atoms with Crippen LogP contribution in [0.4, 0.5) is 11.4 Å². The number of hydrogen-bond donors (Lipinski definition) is 0. The highest BCUT2D eigenvalue weighted by molar-refractivity contribution is 8.02. The molecule has 108 valence electrons. The monoisotopic (exact) mass is 296 g/mol. The van der Waals surface area contributed by atoms with E-state index in [1.54, 1.807) is 0 Å². The molecule has 0 atom stereocenters. The van der Waals surface area contributed by atoms with Gasteiger partial charge in [-0.2, -0.15) is 0 Å².